The molecule has 2 heterocycles. The highest BCUT2D eigenvalue weighted by Crippen LogP contribution is 2.34. The molecule has 1 saturated heterocycles. The van der Waals surface area contributed by atoms with Gasteiger partial charge in [0.2, 0.25) is 16.9 Å². The molecule has 1 fully saturated rings. The van der Waals surface area contributed by atoms with Gasteiger partial charge in [-0.2, -0.15) is 0 Å². The normalized spacial score (nSPS) is 17.4. The summed E-state index contributed by atoms with van der Waals surface area (Å²) >= 11 is 1.31. The number of hydrogen-bond acceptors (Lipinski definition) is 6. The number of amides is 2. The van der Waals surface area contributed by atoms with E-state index in [0.717, 1.165) is 16.4 Å². The smallest absolute Gasteiger partial charge is 0.227 e. The van der Waals surface area contributed by atoms with Crippen molar-refractivity contribution >= 4 is 34.0 Å². The summed E-state index contributed by atoms with van der Waals surface area (Å²) in [6, 6.07) is 7.38. The van der Waals surface area contributed by atoms with E-state index in [1.165, 1.54) is 18.3 Å². The van der Waals surface area contributed by atoms with E-state index in [4.69, 9.17) is 4.74 Å². The molecular weight excluding hydrogens is 316 g/mol. The number of anilines is 2. The average Bonchev–Trinajstić information content (AvgIpc) is 3.13. The van der Waals surface area contributed by atoms with Gasteiger partial charge in [-0.15, -0.1) is 10.2 Å². The van der Waals surface area contributed by atoms with Gasteiger partial charge >= 0.3 is 0 Å². The summed E-state index contributed by atoms with van der Waals surface area (Å²) in [6.07, 6.45) is 0.390. The molecule has 0 aliphatic carbocycles. The summed E-state index contributed by atoms with van der Waals surface area (Å²) < 4.78 is 5.13. The van der Waals surface area contributed by atoms with Crippen LogP contribution in [0.2, 0.25) is 0 Å². The quantitative estimate of drug-likeness (QED) is 0.926. The van der Waals surface area contributed by atoms with Crippen molar-refractivity contribution in [2.24, 2.45) is 0 Å². The summed E-state index contributed by atoms with van der Waals surface area (Å²) in [6.45, 7) is 1.98. The van der Waals surface area contributed by atoms with Crippen LogP contribution in [0.3, 0.4) is 0 Å². The summed E-state index contributed by atoms with van der Waals surface area (Å²) in [7, 11) is 1.61. The zero-order valence-electron chi connectivity index (χ0n) is 12.8. The first-order valence-electron chi connectivity index (χ1n) is 7.12. The molecule has 1 aromatic carbocycles. The second kappa shape index (κ2) is 6.33. The molecule has 7 nitrogen and oxygen atoms in total. The number of carbonyl (C=O) groups excluding carboxylic acids is 2. The van der Waals surface area contributed by atoms with Gasteiger partial charge in [0.15, 0.2) is 0 Å². The second-order valence-electron chi connectivity index (χ2n) is 5.23. The number of nitrogens with one attached hydrogen (secondary N) is 1. The third kappa shape index (κ3) is 3.31. The van der Waals surface area contributed by atoms with Crippen LogP contribution in [0, 0.1) is 0 Å². The summed E-state index contributed by atoms with van der Waals surface area (Å²) in [5.74, 6) is 0.608. The maximum absolute atomic E-state index is 12.3. The maximum Gasteiger partial charge on any atom is 0.227 e. The van der Waals surface area contributed by atoms with E-state index < -0.39 is 0 Å². The molecule has 0 bridgehead atoms. The van der Waals surface area contributed by atoms with E-state index in [2.05, 4.69) is 15.5 Å². The van der Waals surface area contributed by atoms with Crippen LogP contribution in [0.5, 0.6) is 5.75 Å². The molecule has 23 heavy (non-hydrogen) atoms. The van der Waals surface area contributed by atoms with Gasteiger partial charge in [-0.3, -0.25) is 9.59 Å². The molecule has 8 heteroatoms. The number of benzene rings is 1. The Kier molecular flexibility index (Phi) is 4.24. The van der Waals surface area contributed by atoms with Gasteiger partial charge in [-0.05, 0) is 24.3 Å². The fraction of sp³-hybridized carbons (Fsp3) is 0.333. The minimum atomic E-state index is -0.185. The van der Waals surface area contributed by atoms with Gasteiger partial charge in [0, 0.05) is 31.5 Å². The SMILES string of the molecule is COc1ccc(N2CC(c3nnc(NC(C)=O)s3)CC2=O)cc1. The van der Waals surface area contributed by atoms with Crippen molar-refractivity contribution in [2.75, 3.05) is 23.9 Å². The maximum atomic E-state index is 12.3. The van der Waals surface area contributed by atoms with Crippen LogP contribution in [0.1, 0.15) is 24.3 Å². The minimum absolute atomic E-state index is 0.00962. The van der Waals surface area contributed by atoms with Crippen LogP contribution in [0.15, 0.2) is 24.3 Å². The van der Waals surface area contributed by atoms with Crippen molar-refractivity contribution in [1.82, 2.24) is 10.2 Å². The highest BCUT2D eigenvalue weighted by molar-refractivity contribution is 7.15. The Morgan fingerprint density at radius 1 is 1.35 bits per heavy atom. The van der Waals surface area contributed by atoms with Gasteiger partial charge in [0.25, 0.3) is 0 Å². The molecule has 120 valence electrons. The Morgan fingerprint density at radius 3 is 2.74 bits per heavy atom. The van der Waals surface area contributed by atoms with Crippen LogP contribution in [-0.2, 0) is 9.59 Å². The van der Waals surface area contributed by atoms with Crippen molar-refractivity contribution in [2.45, 2.75) is 19.3 Å². The molecule has 1 aliphatic heterocycles. The molecule has 2 amide bonds. The first kappa shape index (κ1) is 15.4. The summed E-state index contributed by atoms with van der Waals surface area (Å²) in [4.78, 5) is 25.1. The monoisotopic (exact) mass is 332 g/mol. The fourth-order valence-corrected chi connectivity index (χ4v) is 3.37. The molecule has 1 aromatic heterocycles. The Hall–Kier alpha value is -2.48. The molecule has 1 aliphatic rings. The van der Waals surface area contributed by atoms with E-state index in [9.17, 15) is 9.59 Å². The number of aromatic nitrogens is 2. The lowest BCUT2D eigenvalue weighted by Gasteiger charge is -2.16. The van der Waals surface area contributed by atoms with Gasteiger partial charge in [0.05, 0.1) is 7.11 Å². The van der Waals surface area contributed by atoms with Crippen molar-refractivity contribution in [3.8, 4) is 5.75 Å². The van der Waals surface area contributed by atoms with Gasteiger partial charge in [0.1, 0.15) is 10.8 Å². The number of methoxy groups -OCH3 is 1. The van der Waals surface area contributed by atoms with E-state index >= 15 is 0 Å². The second-order valence-corrected chi connectivity index (χ2v) is 6.24. The molecule has 1 atom stereocenters. The Labute approximate surface area is 137 Å². The first-order valence-corrected chi connectivity index (χ1v) is 7.94. The molecule has 1 N–H and O–H groups in total. The molecule has 0 spiro atoms. The van der Waals surface area contributed by atoms with Crippen molar-refractivity contribution in [3.05, 3.63) is 29.3 Å². The lowest BCUT2D eigenvalue weighted by atomic mass is 10.1. The molecule has 3 rings (SSSR count). The summed E-state index contributed by atoms with van der Waals surface area (Å²) in [5.41, 5.74) is 0.838. The van der Waals surface area contributed by atoms with E-state index in [-0.39, 0.29) is 17.7 Å². The molecule has 1 unspecified atom stereocenters. The van der Waals surface area contributed by atoms with Gasteiger partial charge < -0.3 is 15.0 Å². The summed E-state index contributed by atoms with van der Waals surface area (Å²) in [5, 5.41) is 11.9. The van der Waals surface area contributed by atoms with Crippen molar-refractivity contribution in [3.63, 3.8) is 0 Å². The van der Waals surface area contributed by atoms with Crippen LogP contribution in [0.4, 0.5) is 10.8 Å². The number of hydrogen-bond donors (Lipinski definition) is 1. The molecular formula is C15H16N4O3S. The third-order valence-corrected chi connectivity index (χ3v) is 4.58. The highest BCUT2D eigenvalue weighted by atomic mass is 32.1. The molecule has 2 aromatic rings. The standard InChI is InChI=1S/C15H16N4O3S/c1-9(20)16-15-18-17-14(23-15)10-7-13(21)19(8-10)11-3-5-12(22-2)6-4-11/h3-6,10H,7-8H2,1-2H3,(H,16,18,20). The largest absolute Gasteiger partial charge is 0.497 e. The lowest BCUT2D eigenvalue weighted by Crippen LogP contribution is -2.24. The van der Waals surface area contributed by atoms with Crippen LogP contribution in [-0.4, -0.2) is 35.7 Å². The Bertz CT molecular complexity index is 729. The van der Waals surface area contributed by atoms with Crippen molar-refractivity contribution < 1.29 is 14.3 Å². The first-order chi connectivity index (χ1) is 11.1. The average molecular weight is 332 g/mol. The molecule has 0 radical (unpaired) electrons. The van der Waals surface area contributed by atoms with Crippen LogP contribution >= 0.6 is 11.3 Å². The lowest BCUT2D eigenvalue weighted by molar-refractivity contribution is -0.117. The van der Waals surface area contributed by atoms with E-state index in [1.807, 2.05) is 24.3 Å². The van der Waals surface area contributed by atoms with Crippen molar-refractivity contribution in [1.29, 1.82) is 0 Å². The predicted molar refractivity (Wildman–Crippen MR) is 86.9 cm³/mol. The van der Waals surface area contributed by atoms with E-state index in [0.29, 0.717) is 18.1 Å². The number of nitrogens with zero attached hydrogens (tertiary/aromatic N) is 3. The number of ether oxygens (including phenoxy) is 1. The van der Waals surface area contributed by atoms with Gasteiger partial charge in [-0.25, -0.2) is 0 Å². The van der Waals surface area contributed by atoms with Crippen LogP contribution < -0.4 is 15.0 Å². The van der Waals surface area contributed by atoms with E-state index in [1.54, 1.807) is 12.0 Å². The minimum Gasteiger partial charge on any atom is -0.497 e. The topological polar surface area (TPSA) is 84.4 Å². The van der Waals surface area contributed by atoms with Crippen LogP contribution in [0.25, 0.3) is 0 Å². The zero-order chi connectivity index (χ0) is 16.4. The Morgan fingerprint density at radius 2 is 2.09 bits per heavy atom. The fourth-order valence-electron chi connectivity index (χ4n) is 2.49. The number of rotatable bonds is 4. The number of carbonyl (C=O) groups is 2. The van der Waals surface area contributed by atoms with Gasteiger partial charge in [-0.1, -0.05) is 11.3 Å². The predicted octanol–water partition coefficient (Wildman–Crippen LogP) is 2.03. The molecule has 0 saturated carbocycles. The highest BCUT2D eigenvalue weighted by Gasteiger charge is 2.33. The zero-order valence-corrected chi connectivity index (χ0v) is 13.6. The Balaban J connectivity index is 1.73. The third-order valence-electron chi connectivity index (χ3n) is 3.58.